The molecule has 0 spiro atoms. The minimum Gasteiger partial charge on any atom is -0.397 e. The minimum atomic E-state index is -1.82. The Morgan fingerprint density at radius 2 is 1.57 bits per heavy atom. The molecular formula is C11H22O2Si. The van der Waals surface area contributed by atoms with Gasteiger partial charge < -0.3 is 8.85 Å². The average molecular weight is 214 g/mol. The molecule has 0 heterocycles. The third kappa shape index (κ3) is 1.46. The van der Waals surface area contributed by atoms with E-state index in [9.17, 15) is 0 Å². The Balaban J connectivity index is 2.04. The summed E-state index contributed by atoms with van der Waals surface area (Å²) < 4.78 is 11.7. The van der Waals surface area contributed by atoms with E-state index in [4.69, 9.17) is 8.85 Å². The van der Waals surface area contributed by atoms with Crippen LogP contribution in [0.4, 0.5) is 0 Å². The maximum Gasteiger partial charge on any atom is 0.344 e. The fraction of sp³-hybridized carbons (Fsp3) is 1.00. The van der Waals surface area contributed by atoms with E-state index in [0.717, 1.165) is 17.0 Å². The summed E-state index contributed by atoms with van der Waals surface area (Å²) in [6.45, 7) is 2.34. The van der Waals surface area contributed by atoms with Gasteiger partial charge in [0.05, 0.1) is 0 Å². The van der Waals surface area contributed by atoms with Gasteiger partial charge in [-0.1, -0.05) is 13.3 Å². The molecule has 0 bridgehead atoms. The molecule has 14 heavy (non-hydrogen) atoms. The van der Waals surface area contributed by atoms with E-state index in [-0.39, 0.29) is 0 Å². The Labute approximate surface area is 88.2 Å². The van der Waals surface area contributed by atoms with Crippen LogP contribution in [0.5, 0.6) is 0 Å². The Bertz CT molecular complexity index is 193. The number of hydrogen-bond acceptors (Lipinski definition) is 2. The lowest BCUT2D eigenvalue weighted by molar-refractivity contribution is 0.160. The van der Waals surface area contributed by atoms with Crippen molar-refractivity contribution in [1.82, 2.24) is 0 Å². The number of hydrogen-bond donors (Lipinski definition) is 0. The molecule has 2 rings (SSSR count). The Morgan fingerprint density at radius 3 is 1.86 bits per heavy atom. The van der Waals surface area contributed by atoms with Crippen LogP contribution in [0.1, 0.15) is 39.0 Å². The zero-order chi connectivity index (χ0) is 10.2. The van der Waals surface area contributed by atoms with Crippen LogP contribution in [0.15, 0.2) is 0 Å². The monoisotopic (exact) mass is 214 g/mol. The van der Waals surface area contributed by atoms with Gasteiger partial charge in [-0.25, -0.2) is 0 Å². The molecule has 2 saturated carbocycles. The maximum absolute atomic E-state index is 5.86. The molecule has 2 aliphatic carbocycles. The van der Waals surface area contributed by atoms with E-state index in [1.165, 1.54) is 32.1 Å². The van der Waals surface area contributed by atoms with Crippen LogP contribution in [0.2, 0.25) is 11.1 Å². The minimum absolute atomic E-state index is 0.776. The zero-order valence-corrected chi connectivity index (χ0v) is 10.6. The van der Waals surface area contributed by atoms with Crippen LogP contribution < -0.4 is 0 Å². The predicted molar refractivity (Wildman–Crippen MR) is 59.5 cm³/mol. The summed E-state index contributed by atoms with van der Waals surface area (Å²) in [6, 6.07) is 0. The van der Waals surface area contributed by atoms with E-state index in [1.54, 1.807) is 0 Å². The largest absolute Gasteiger partial charge is 0.397 e. The lowest BCUT2D eigenvalue weighted by Crippen LogP contribution is -2.54. The van der Waals surface area contributed by atoms with E-state index in [2.05, 4.69) is 6.92 Å². The molecule has 2 nitrogen and oxygen atoms in total. The summed E-state index contributed by atoms with van der Waals surface area (Å²) in [5.74, 6) is 0.900. The van der Waals surface area contributed by atoms with Gasteiger partial charge in [-0.2, -0.15) is 0 Å². The van der Waals surface area contributed by atoms with Crippen LogP contribution in [0, 0.1) is 5.92 Å². The van der Waals surface area contributed by atoms with Crippen LogP contribution in [0.25, 0.3) is 0 Å². The van der Waals surface area contributed by atoms with Gasteiger partial charge in [0.1, 0.15) is 0 Å². The van der Waals surface area contributed by atoms with Gasteiger partial charge in [0, 0.05) is 25.3 Å². The number of rotatable bonds is 4. The highest BCUT2D eigenvalue weighted by molar-refractivity contribution is 6.70. The van der Waals surface area contributed by atoms with Gasteiger partial charge in [0.2, 0.25) is 0 Å². The molecule has 0 aromatic carbocycles. The highest BCUT2D eigenvalue weighted by atomic mass is 28.4. The summed E-state index contributed by atoms with van der Waals surface area (Å²) in [6.07, 6.45) is 6.75. The quantitative estimate of drug-likeness (QED) is 0.670. The molecular weight excluding hydrogens is 192 g/mol. The molecule has 0 aliphatic heterocycles. The molecule has 3 heteroatoms. The average Bonchev–Trinajstić information content (AvgIpc) is 2.06. The van der Waals surface area contributed by atoms with Crippen molar-refractivity contribution >= 4 is 8.56 Å². The first-order valence-corrected chi connectivity index (χ1v) is 7.80. The normalized spacial score (nSPS) is 33.6. The van der Waals surface area contributed by atoms with Crippen LogP contribution in [-0.2, 0) is 8.85 Å². The van der Waals surface area contributed by atoms with Crippen molar-refractivity contribution in [2.75, 3.05) is 14.2 Å². The van der Waals surface area contributed by atoms with Crippen molar-refractivity contribution in [3.63, 3.8) is 0 Å². The van der Waals surface area contributed by atoms with Crippen molar-refractivity contribution < 1.29 is 8.85 Å². The summed E-state index contributed by atoms with van der Waals surface area (Å²) >= 11 is 0. The Kier molecular flexibility index (Phi) is 3.00. The molecule has 0 N–H and O–H groups in total. The SMILES string of the molecule is CO[Si](OC)(C1CCC1)C1CC(C)C1. The van der Waals surface area contributed by atoms with E-state index >= 15 is 0 Å². The second-order valence-electron chi connectivity index (χ2n) is 5.03. The molecule has 0 unspecified atom stereocenters. The molecule has 2 aliphatic rings. The molecule has 0 aromatic heterocycles. The molecule has 82 valence electrons. The topological polar surface area (TPSA) is 18.5 Å². The lowest BCUT2D eigenvalue weighted by atomic mass is 9.86. The highest BCUT2D eigenvalue weighted by Gasteiger charge is 2.56. The van der Waals surface area contributed by atoms with Crippen LogP contribution >= 0.6 is 0 Å². The zero-order valence-electron chi connectivity index (χ0n) is 9.58. The summed E-state index contributed by atoms with van der Waals surface area (Å²) in [4.78, 5) is 0. The maximum atomic E-state index is 5.86. The first-order chi connectivity index (χ1) is 6.73. The van der Waals surface area contributed by atoms with Crippen molar-refractivity contribution in [2.45, 2.75) is 50.1 Å². The van der Waals surface area contributed by atoms with Crippen molar-refractivity contribution in [2.24, 2.45) is 5.92 Å². The van der Waals surface area contributed by atoms with Gasteiger partial charge in [-0.05, 0) is 31.6 Å². The molecule has 0 saturated heterocycles. The third-order valence-electron chi connectivity index (χ3n) is 4.26. The van der Waals surface area contributed by atoms with E-state index in [1.807, 2.05) is 14.2 Å². The molecule has 0 radical (unpaired) electrons. The van der Waals surface area contributed by atoms with Gasteiger partial charge in [-0.15, -0.1) is 0 Å². The first kappa shape index (κ1) is 10.6. The Hall–Kier alpha value is 0.137. The van der Waals surface area contributed by atoms with Crippen LogP contribution in [0.3, 0.4) is 0 Å². The van der Waals surface area contributed by atoms with Gasteiger partial charge in [-0.3, -0.25) is 0 Å². The smallest absolute Gasteiger partial charge is 0.344 e. The van der Waals surface area contributed by atoms with Crippen molar-refractivity contribution in [1.29, 1.82) is 0 Å². The predicted octanol–water partition coefficient (Wildman–Crippen LogP) is 3.08. The standard InChI is InChI=1S/C11H22O2Si/c1-9-7-11(8-9)14(12-2,13-3)10-5-4-6-10/h9-11H,4-8H2,1-3H3. The van der Waals surface area contributed by atoms with Gasteiger partial charge >= 0.3 is 8.56 Å². The third-order valence-corrected chi connectivity index (χ3v) is 8.86. The molecule has 2 fully saturated rings. The first-order valence-electron chi connectivity index (χ1n) is 5.83. The lowest BCUT2D eigenvalue weighted by Gasteiger charge is -2.49. The highest BCUT2D eigenvalue weighted by Crippen LogP contribution is 2.55. The second kappa shape index (κ2) is 3.95. The van der Waals surface area contributed by atoms with Crippen molar-refractivity contribution in [3.8, 4) is 0 Å². The van der Waals surface area contributed by atoms with Gasteiger partial charge in [0.15, 0.2) is 0 Å². The summed E-state index contributed by atoms with van der Waals surface area (Å²) in [7, 11) is 1.93. The fourth-order valence-electron chi connectivity index (χ4n) is 3.12. The molecule has 0 amide bonds. The van der Waals surface area contributed by atoms with Gasteiger partial charge in [0.25, 0.3) is 0 Å². The Morgan fingerprint density at radius 1 is 1.00 bits per heavy atom. The van der Waals surface area contributed by atoms with Crippen molar-refractivity contribution in [3.05, 3.63) is 0 Å². The van der Waals surface area contributed by atoms with E-state index in [0.29, 0.717) is 0 Å². The molecule has 0 aromatic rings. The summed E-state index contributed by atoms with van der Waals surface area (Å²) in [5.41, 5.74) is 1.56. The molecule has 0 atom stereocenters. The second-order valence-corrected chi connectivity index (χ2v) is 8.92. The fourth-order valence-corrected chi connectivity index (χ4v) is 7.97. The summed E-state index contributed by atoms with van der Waals surface area (Å²) in [5, 5.41) is 0. The van der Waals surface area contributed by atoms with Crippen LogP contribution in [-0.4, -0.2) is 22.8 Å². The van der Waals surface area contributed by atoms with E-state index < -0.39 is 8.56 Å².